The van der Waals surface area contributed by atoms with Gasteiger partial charge in [-0.1, -0.05) is 0 Å². The van der Waals surface area contributed by atoms with Crippen LogP contribution >= 0.6 is 0 Å². The Morgan fingerprint density at radius 3 is 0.667 bits per heavy atom. The number of halogens is 6. The SMILES string of the molecule is [F-].[F-].[F][Ta]([F])([F])[F].[K+].[K+]. The van der Waals surface area contributed by atoms with E-state index in [1.54, 1.807) is 0 Å². The van der Waals surface area contributed by atoms with Crippen LogP contribution in [0.25, 0.3) is 0 Å². The Kier molecular flexibility index (Phi) is 46.1. The van der Waals surface area contributed by atoms with Gasteiger partial charge < -0.3 is 9.41 Å². The normalized spacial score (nSPS) is 6.67. The van der Waals surface area contributed by atoms with Crippen molar-refractivity contribution in [2.75, 3.05) is 0 Å². The van der Waals surface area contributed by atoms with Crippen LogP contribution in [0.3, 0.4) is 0 Å². The molecule has 0 aliphatic heterocycles. The molecule has 0 heterocycles. The minimum absolute atomic E-state index is 0. The second-order valence-electron chi connectivity index (χ2n) is 0.383. The third-order valence-corrected chi connectivity index (χ3v) is 0. The Morgan fingerprint density at radius 1 is 0.667 bits per heavy atom. The second-order valence-corrected chi connectivity index (χ2v) is 3.14. The fraction of sp³-hybridized carbons (Fsp3) is 0. The summed E-state index contributed by atoms with van der Waals surface area (Å²) in [5.74, 6) is 0. The standard InChI is InChI=1S/6FH.2K.Ta/h6*1H;;;/q;;;;;;2*+1;+4/p-6. The van der Waals surface area contributed by atoms with Gasteiger partial charge in [0.25, 0.3) is 0 Å². The van der Waals surface area contributed by atoms with Gasteiger partial charge >= 0.3 is 134 Å². The summed E-state index contributed by atoms with van der Waals surface area (Å²) in [6.45, 7) is 0. The van der Waals surface area contributed by atoms with Gasteiger partial charge in [0, 0.05) is 0 Å². The van der Waals surface area contributed by atoms with Crippen LogP contribution in [0, 0.1) is 0 Å². The van der Waals surface area contributed by atoms with Crippen molar-refractivity contribution in [1.82, 2.24) is 0 Å². The van der Waals surface area contributed by atoms with Crippen LogP contribution in [0.4, 0.5) is 12.1 Å². The first-order chi connectivity index (χ1) is 2.00. The molecule has 0 nitrogen and oxygen atoms in total. The molecule has 0 bridgehead atoms. The van der Waals surface area contributed by atoms with Gasteiger partial charge in [-0.3, -0.25) is 0 Å². The van der Waals surface area contributed by atoms with E-state index in [0.717, 1.165) is 0 Å². The molecule has 0 aromatic rings. The Hall–Kier alpha value is 3.59. The van der Waals surface area contributed by atoms with Crippen LogP contribution in [0.5, 0.6) is 0 Å². The predicted octanol–water partition coefficient (Wildman–Crippen LogP) is -10.3. The van der Waals surface area contributed by atoms with Crippen molar-refractivity contribution in [3.63, 3.8) is 0 Å². The molecular formula is F6K2Ta. The molecule has 0 unspecified atom stereocenters. The van der Waals surface area contributed by atoms with Gasteiger partial charge in [-0.15, -0.1) is 0 Å². The average Bonchev–Trinajstić information content (AvgIpc) is 0.722. The smallest absolute Gasteiger partial charge is 1.00 e. The molecule has 0 rings (SSSR count). The van der Waals surface area contributed by atoms with E-state index in [-0.39, 0.29) is 112 Å². The molecule has 0 radical (unpaired) electrons. The van der Waals surface area contributed by atoms with Crippen LogP contribution < -0.4 is 112 Å². The van der Waals surface area contributed by atoms with E-state index < -0.39 is 19.3 Å². The second kappa shape index (κ2) is 14.1. The van der Waals surface area contributed by atoms with E-state index >= 15 is 0 Å². The van der Waals surface area contributed by atoms with E-state index in [9.17, 15) is 12.1 Å². The zero-order valence-corrected chi connectivity index (χ0v) is 14.2. The molecule has 9 heteroatoms. The van der Waals surface area contributed by atoms with Crippen LogP contribution in [-0.4, -0.2) is 0 Å². The maximum atomic E-state index is 9.90. The minimum Gasteiger partial charge on any atom is 1.00 e. The number of hydrogen-bond acceptors (Lipinski definition) is 0. The van der Waals surface area contributed by atoms with Crippen molar-refractivity contribution in [3.8, 4) is 0 Å². The molecule has 0 aromatic carbocycles. The van der Waals surface area contributed by atoms with Gasteiger partial charge in [0.05, 0.1) is 0 Å². The molecule has 0 saturated heterocycles. The molecule has 0 spiro atoms. The summed E-state index contributed by atoms with van der Waals surface area (Å²) in [6, 6.07) is 0. The topological polar surface area (TPSA) is 0 Å². The third kappa shape index (κ3) is 82.6. The van der Waals surface area contributed by atoms with E-state index in [4.69, 9.17) is 0 Å². The number of rotatable bonds is 0. The summed E-state index contributed by atoms with van der Waals surface area (Å²) < 4.78 is 39.6. The maximum Gasteiger partial charge on any atom is 1.00 e. The number of hydrogen-bond donors (Lipinski definition) is 0. The van der Waals surface area contributed by atoms with E-state index in [1.807, 2.05) is 0 Å². The van der Waals surface area contributed by atoms with E-state index in [1.165, 1.54) is 0 Å². The summed E-state index contributed by atoms with van der Waals surface area (Å²) in [4.78, 5) is 0. The van der Waals surface area contributed by atoms with Gasteiger partial charge in [-0.2, -0.15) is 0 Å². The molecule has 9 heavy (non-hydrogen) atoms. The molecule has 0 N–H and O–H groups in total. The summed E-state index contributed by atoms with van der Waals surface area (Å²) in [6.07, 6.45) is 0. The van der Waals surface area contributed by atoms with Crippen molar-refractivity contribution in [3.05, 3.63) is 0 Å². The quantitative estimate of drug-likeness (QED) is 0.292. The zero-order valence-electron chi connectivity index (χ0n) is 4.72. The Morgan fingerprint density at radius 2 is 0.667 bits per heavy atom. The molecule has 0 aliphatic carbocycles. The van der Waals surface area contributed by atoms with Gasteiger partial charge in [0.2, 0.25) is 0 Å². The zero-order chi connectivity index (χ0) is 4.50. The van der Waals surface area contributed by atoms with Crippen LogP contribution in [0.1, 0.15) is 0 Å². The first kappa shape index (κ1) is 29.4. The molecular weight excluding hydrogens is 373 g/mol. The van der Waals surface area contributed by atoms with Crippen molar-refractivity contribution < 1.29 is 144 Å². The fourth-order valence-corrected chi connectivity index (χ4v) is 0. The molecule has 0 atom stereocenters. The monoisotopic (exact) mass is 373 g/mol. The molecule has 49 valence electrons. The van der Waals surface area contributed by atoms with Gasteiger partial charge in [-0.05, 0) is 0 Å². The summed E-state index contributed by atoms with van der Waals surface area (Å²) >= 11 is -7.22. The summed E-state index contributed by atoms with van der Waals surface area (Å²) in [7, 11) is 0. The summed E-state index contributed by atoms with van der Waals surface area (Å²) in [5, 5.41) is 0. The fourth-order valence-electron chi connectivity index (χ4n) is 0. The molecule has 0 aromatic heterocycles. The van der Waals surface area contributed by atoms with E-state index in [2.05, 4.69) is 0 Å². The van der Waals surface area contributed by atoms with E-state index in [0.29, 0.717) is 0 Å². The predicted molar refractivity (Wildman–Crippen MR) is 4.43 cm³/mol. The maximum absolute atomic E-state index is 9.90. The molecule has 0 amide bonds. The average molecular weight is 373 g/mol. The van der Waals surface area contributed by atoms with Crippen molar-refractivity contribution >= 4 is 0 Å². The van der Waals surface area contributed by atoms with Crippen molar-refractivity contribution in [2.45, 2.75) is 0 Å². The summed E-state index contributed by atoms with van der Waals surface area (Å²) in [5.41, 5.74) is 0. The van der Waals surface area contributed by atoms with Gasteiger partial charge in [0.1, 0.15) is 0 Å². The largest absolute Gasteiger partial charge is 1.00 e. The van der Waals surface area contributed by atoms with Crippen molar-refractivity contribution in [2.24, 2.45) is 0 Å². The molecule has 0 saturated carbocycles. The van der Waals surface area contributed by atoms with Crippen LogP contribution in [0.2, 0.25) is 0 Å². The molecule has 0 fully saturated rings. The molecule has 0 aliphatic rings. The Labute approximate surface area is 139 Å². The third-order valence-electron chi connectivity index (χ3n) is 0. The van der Waals surface area contributed by atoms with Gasteiger partial charge in [-0.25, -0.2) is 0 Å². The van der Waals surface area contributed by atoms with Gasteiger partial charge in [0.15, 0.2) is 0 Å². The van der Waals surface area contributed by atoms with Crippen LogP contribution in [-0.2, 0) is 19.3 Å². The van der Waals surface area contributed by atoms with Crippen molar-refractivity contribution in [1.29, 1.82) is 0 Å². The first-order valence-corrected chi connectivity index (χ1v) is 5.53. The van der Waals surface area contributed by atoms with Crippen LogP contribution in [0.15, 0.2) is 0 Å². The Balaban J connectivity index is -0.0000000133. The Bertz CT molecular complexity index is 26.5. The minimum atomic E-state index is -7.22. The first-order valence-electron chi connectivity index (χ1n) is 0.676.